The van der Waals surface area contributed by atoms with Gasteiger partial charge in [0.15, 0.2) is 24.8 Å². The van der Waals surface area contributed by atoms with Crippen molar-refractivity contribution in [2.24, 2.45) is 0 Å². The Morgan fingerprint density at radius 3 is 1.74 bits per heavy atom. The molecule has 124 valence electrons. The Labute approximate surface area is 138 Å². The summed E-state index contributed by atoms with van der Waals surface area (Å²) in [4.78, 5) is 0.0452. The average Bonchev–Trinajstić information content (AvgIpc) is 2.54. The van der Waals surface area contributed by atoms with Gasteiger partial charge < -0.3 is 0 Å². The quantitative estimate of drug-likeness (QED) is 0.799. The lowest BCUT2D eigenvalue weighted by molar-refractivity contribution is 0.589. The lowest BCUT2D eigenvalue weighted by atomic mass is 9.99. The summed E-state index contributed by atoms with van der Waals surface area (Å²) in [5.74, 6) is 0.333. The lowest BCUT2D eigenvalue weighted by Crippen LogP contribution is -2.17. The molecule has 0 saturated carbocycles. The normalized spacial score (nSPS) is 13.7. The van der Waals surface area contributed by atoms with Crippen LogP contribution in [0.15, 0.2) is 64.4 Å². The van der Waals surface area contributed by atoms with Crippen LogP contribution in [0.2, 0.25) is 0 Å². The smallest absolute Gasteiger partial charge is 0.193 e. The molecule has 0 saturated heterocycles. The summed E-state index contributed by atoms with van der Waals surface area (Å²) >= 11 is 0. The van der Waals surface area contributed by atoms with E-state index in [9.17, 15) is 16.8 Å². The number of sulfone groups is 2. The van der Waals surface area contributed by atoms with Crippen molar-refractivity contribution in [2.45, 2.75) is 36.0 Å². The van der Waals surface area contributed by atoms with Gasteiger partial charge >= 0.3 is 0 Å². The van der Waals surface area contributed by atoms with Gasteiger partial charge in [-0.15, -0.1) is 0 Å². The topological polar surface area (TPSA) is 68.3 Å². The van der Waals surface area contributed by atoms with E-state index < -0.39 is 24.8 Å². The van der Waals surface area contributed by atoms with Gasteiger partial charge in [0.25, 0.3) is 0 Å². The molecule has 0 aliphatic carbocycles. The summed E-state index contributed by atoms with van der Waals surface area (Å²) < 4.78 is 49.3. The van der Waals surface area contributed by atoms with Crippen LogP contribution in [0.4, 0.5) is 0 Å². The van der Waals surface area contributed by atoms with E-state index in [0.29, 0.717) is 5.92 Å². The van der Waals surface area contributed by atoms with Gasteiger partial charge in [-0.05, 0) is 42.2 Å². The van der Waals surface area contributed by atoms with Crippen molar-refractivity contribution < 1.29 is 16.8 Å². The van der Waals surface area contributed by atoms with E-state index in [1.807, 2.05) is 0 Å². The summed E-state index contributed by atoms with van der Waals surface area (Å²) in [5.41, 5.74) is 1.04. The summed E-state index contributed by atoms with van der Waals surface area (Å²) in [6.45, 7) is 4.12. The second kappa shape index (κ2) is 6.84. The molecule has 2 aromatic carbocycles. The Bertz CT molecular complexity index is 853. The van der Waals surface area contributed by atoms with E-state index in [-0.39, 0.29) is 9.79 Å². The summed E-state index contributed by atoms with van der Waals surface area (Å²) in [5, 5.41) is -0.924. The van der Waals surface area contributed by atoms with E-state index in [2.05, 4.69) is 13.8 Å². The van der Waals surface area contributed by atoms with Crippen molar-refractivity contribution in [3.05, 3.63) is 60.2 Å². The van der Waals surface area contributed by atoms with Crippen molar-refractivity contribution in [3.63, 3.8) is 0 Å². The van der Waals surface area contributed by atoms with Crippen molar-refractivity contribution in [3.8, 4) is 0 Å². The zero-order chi connectivity index (χ0) is 17.1. The zero-order valence-electron chi connectivity index (χ0n) is 13.1. The second-order valence-corrected chi connectivity index (χ2v) is 9.88. The molecule has 0 amide bonds. The van der Waals surface area contributed by atoms with E-state index in [4.69, 9.17) is 0 Å². The number of hydrogen-bond acceptors (Lipinski definition) is 4. The number of rotatable bonds is 6. The molecule has 0 aliphatic heterocycles. The highest BCUT2D eigenvalue weighted by Gasteiger charge is 2.25. The van der Waals surface area contributed by atoms with Crippen LogP contribution >= 0.6 is 0 Å². The summed E-state index contributed by atoms with van der Waals surface area (Å²) in [6.07, 6.45) is 0.953. The van der Waals surface area contributed by atoms with Crippen LogP contribution in [0.3, 0.4) is 0 Å². The van der Waals surface area contributed by atoms with Crippen LogP contribution in [0.1, 0.15) is 31.7 Å². The van der Waals surface area contributed by atoms with E-state index >= 15 is 0 Å². The first-order chi connectivity index (χ1) is 10.8. The van der Waals surface area contributed by atoms with Gasteiger partial charge in [-0.1, -0.05) is 44.2 Å². The fourth-order valence-corrected chi connectivity index (χ4v) is 6.05. The molecule has 0 N–H and O–H groups in total. The lowest BCUT2D eigenvalue weighted by Gasteiger charge is -2.10. The third kappa shape index (κ3) is 4.20. The first-order valence-corrected chi connectivity index (χ1v) is 10.7. The van der Waals surface area contributed by atoms with Gasteiger partial charge in [-0.3, -0.25) is 0 Å². The molecule has 0 bridgehead atoms. The van der Waals surface area contributed by atoms with Crippen LogP contribution in [-0.4, -0.2) is 21.9 Å². The maximum atomic E-state index is 12.4. The monoisotopic (exact) mass is 352 g/mol. The Hall–Kier alpha value is -1.66. The van der Waals surface area contributed by atoms with Crippen LogP contribution in [0.25, 0.3) is 0 Å². The molecule has 1 atom stereocenters. The molecule has 4 nitrogen and oxygen atoms in total. The van der Waals surface area contributed by atoms with E-state index in [1.165, 1.54) is 24.3 Å². The van der Waals surface area contributed by atoms with Crippen molar-refractivity contribution in [2.75, 3.05) is 5.08 Å². The summed E-state index contributed by atoms with van der Waals surface area (Å²) in [7, 11) is -7.79. The van der Waals surface area contributed by atoms with Gasteiger partial charge in [0.1, 0.15) is 0 Å². The molecular weight excluding hydrogens is 332 g/mol. The predicted octanol–water partition coefficient (Wildman–Crippen LogP) is 3.41. The van der Waals surface area contributed by atoms with E-state index in [0.717, 1.165) is 12.0 Å². The number of benzene rings is 2. The van der Waals surface area contributed by atoms with Crippen LogP contribution in [-0.2, 0) is 19.7 Å². The molecule has 23 heavy (non-hydrogen) atoms. The van der Waals surface area contributed by atoms with Crippen LogP contribution in [0.5, 0.6) is 0 Å². The molecule has 0 aromatic heterocycles. The average molecular weight is 352 g/mol. The van der Waals surface area contributed by atoms with Gasteiger partial charge in [0.2, 0.25) is 0 Å². The van der Waals surface area contributed by atoms with Gasteiger partial charge in [0, 0.05) is 0 Å². The highest BCUT2D eigenvalue weighted by molar-refractivity contribution is 8.08. The first kappa shape index (κ1) is 17.7. The number of hydrogen-bond donors (Lipinski definition) is 0. The minimum atomic E-state index is -3.90. The van der Waals surface area contributed by atoms with Gasteiger partial charge in [-0.2, -0.15) is 0 Å². The maximum Gasteiger partial charge on any atom is 0.193 e. The standard InChI is InChI=1S/C17H20O4S2/c1-3-14(2)15-9-11-17(12-10-15)23(20,21)13-22(18,19)16-7-5-4-6-8-16/h4-12,14H,3,13H2,1-2H3. The largest absolute Gasteiger partial charge is 0.223 e. The molecule has 6 heteroatoms. The third-order valence-corrected chi connectivity index (χ3v) is 8.30. The predicted molar refractivity (Wildman–Crippen MR) is 90.8 cm³/mol. The molecule has 0 heterocycles. The molecule has 0 aliphatic rings. The van der Waals surface area contributed by atoms with Crippen LogP contribution < -0.4 is 0 Å². The molecule has 2 aromatic rings. The van der Waals surface area contributed by atoms with Crippen LogP contribution in [0, 0.1) is 0 Å². The highest BCUT2D eigenvalue weighted by atomic mass is 32.3. The third-order valence-electron chi connectivity index (χ3n) is 3.83. The van der Waals surface area contributed by atoms with Crippen molar-refractivity contribution >= 4 is 19.7 Å². The first-order valence-electron chi connectivity index (χ1n) is 7.37. The molecule has 0 radical (unpaired) electrons. The minimum Gasteiger partial charge on any atom is -0.223 e. The SMILES string of the molecule is CCC(C)c1ccc(S(=O)(=O)CS(=O)(=O)c2ccccc2)cc1. The summed E-state index contributed by atoms with van der Waals surface area (Å²) in [6, 6.07) is 14.1. The van der Waals surface area contributed by atoms with Crippen molar-refractivity contribution in [1.82, 2.24) is 0 Å². The molecular formula is C17H20O4S2. The fraction of sp³-hybridized carbons (Fsp3) is 0.294. The second-order valence-electron chi connectivity index (χ2n) is 5.54. The van der Waals surface area contributed by atoms with E-state index in [1.54, 1.807) is 30.3 Å². The molecule has 1 unspecified atom stereocenters. The minimum absolute atomic E-state index is 0.0137. The van der Waals surface area contributed by atoms with Gasteiger partial charge in [0.05, 0.1) is 9.79 Å². The Morgan fingerprint density at radius 1 is 0.783 bits per heavy atom. The highest BCUT2D eigenvalue weighted by Crippen LogP contribution is 2.23. The Kier molecular flexibility index (Phi) is 5.26. The van der Waals surface area contributed by atoms with Gasteiger partial charge in [-0.25, -0.2) is 16.8 Å². The molecule has 0 fully saturated rings. The molecule has 0 spiro atoms. The maximum absolute atomic E-state index is 12.4. The zero-order valence-corrected chi connectivity index (χ0v) is 14.8. The Balaban J connectivity index is 2.29. The Morgan fingerprint density at radius 2 is 1.26 bits per heavy atom. The molecule has 2 rings (SSSR count). The van der Waals surface area contributed by atoms with Crippen molar-refractivity contribution in [1.29, 1.82) is 0 Å². The fourth-order valence-electron chi connectivity index (χ4n) is 2.21.